The third-order valence-corrected chi connectivity index (χ3v) is 2.00. The first kappa shape index (κ1) is 6.12. The summed E-state index contributed by atoms with van der Waals surface area (Å²) in [5.74, 6) is 0.223. The Hall–Kier alpha value is -0.610. The van der Waals surface area contributed by atoms with Crippen molar-refractivity contribution in [3.8, 4) is 0 Å². The highest BCUT2D eigenvalue weighted by molar-refractivity contribution is 5.77. The Morgan fingerprint density at radius 2 is 2.40 bits per heavy atom. The van der Waals surface area contributed by atoms with E-state index >= 15 is 0 Å². The Morgan fingerprint density at radius 3 is 3.20 bits per heavy atom. The molecule has 0 radical (unpaired) electrons. The molecule has 2 aliphatic heterocycles. The fraction of sp³-hybridized carbons (Fsp3) is 0.833. The number of hydrogen-bond donors (Lipinski definition) is 2. The third kappa shape index (κ3) is 0.803. The van der Waals surface area contributed by atoms with Gasteiger partial charge in [-0.1, -0.05) is 0 Å². The summed E-state index contributed by atoms with van der Waals surface area (Å²) >= 11 is 0. The van der Waals surface area contributed by atoms with E-state index in [2.05, 4.69) is 10.7 Å². The molecular formula is C6H11N3O. The summed E-state index contributed by atoms with van der Waals surface area (Å²) in [5.41, 5.74) is 3.03. The zero-order chi connectivity index (χ0) is 6.97. The van der Waals surface area contributed by atoms with Crippen LogP contribution in [-0.2, 0) is 4.79 Å². The molecule has 0 saturated carbocycles. The number of amides is 1. The molecule has 2 saturated heterocycles. The molecule has 0 spiro atoms. The van der Waals surface area contributed by atoms with Crippen LogP contribution in [0.5, 0.6) is 0 Å². The fourth-order valence-electron chi connectivity index (χ4n) is 1.48. The molecule has 2 aliphatic rings. The zero-order valence-electron chi connectivity index (χ0n) is 5.76. The maximum absolute atomic E-state index is 11.1. The van der Waals surface area contributed by atoms with Gasteiger partial charge in [-0.15, -0.1) is 0 Å². The van der Waals surface area contributed by atoms with Crippen LogP contribution >= 0.6 is 0 Å². The van der Waals surface area contributed by atoms with E-state index in [1.807, 2.05) is 0 Å². The number of carbonyl (C=O) groups is 1. The molecule has 0 aliphatic carbocycles. The Balaban J connectivity index is 2.10. The minimum absolute atomic E-state index is 0.223. The molecule has 1 atom stereocenters. The molecule has 2 fully saturated rings. The summed E-state index contributed by atoms with van der Waals surface area (Å²) in [6.45, 7) is 1.76. The molecule has 2 N–H and O–H groups in total. The van der Waals surface area contributed by atoms with Gasteiger partial charge >= 0.3 is 0 Å². The first-order chi connectivity index (χ1) is 4.88. The summed E-state index contributed by atoms with van der Waals surface area (Å²) in [6, 6.07) is 0. The molecule has 0 aromatic heterocycles. The van der Waals surface area contributed by atoms with E-state index in [1.54, 1.807) is 5.01 Å². The minimum Gasteiger partial charge on any atom is -0.296 e. The van der Waals surface area contributed by atoms with Crippen LogP contribution in [0.15, 0.2) is 0 Å². The van der Waals surface area contributed by atoms with Crippen molar-refractivity contribution < 1.29 is 4.79 Å². The highest BCUT2D eigenvalue weighted by Gasteiger charge is 2.31. The lowest BCUT2D eigenvalue weighted by Crippen LogP contribution is -2.54. The van der Waals surface area contributed by atoms with Crippen LogP contribution in [-0.4, -0.2) is 30.2 Å². The number of nitrogens with one attached hydrogen (secondary N) is 2. The van der Waals surface area contributed by atoms with Gasteiger partial charge in [0.1, 0.15) is 0 Å². The number of rotatable bonds is 0. The molecule has 0 bridgehead atoms. The van der Waals surface area contributed by atoms with Crippen LogP contribution in [0.25, 0.3) is 0 Å². The average Bonchev–Trinajstić information content (AvgIpc) is 2.36. The quantitative estimate of drug-likeness (QED) is 0.457. The van der Waals surface area contributed by atoms with Gasteiger partial charge in [-0.2, -0.15) is 0 Å². The smallest absolute Gasteiger partial charge is 0.239 e. The van der Waals surface area contributed by atoms with E-state index in [0.29, 0.717) is 6.42 Å². The van der Waals surface area contributed by atoms with Crippen LogP contribution in [0.2, 0.25) is 0 Å². The molecular weight excluding hydrogens is 130 g/mol. The number of nitrogens with zero attached hydrogens (tertiary/aromatic N) is 1. The first-order valence-corrected chi connectivity index (χ1v) is 3.67. The van der Waals surface area contributed by atoms with Gasteiger partial charge in [0.05, 0.1) is 6.17 Å². The van der Waals surface area contributed by atoms with Crippen molar-refractivity contribution in [2.24, 2.45) is 0 Å². The molecule has 0 aromatic rings. The van der Waals surface area contributed by atoms with Gasteiger partial charge in [-0.05, 0) is 6.42 Å². The Labute approximate surface area is 59.5 Å². The van der Waals surface area contributed by atoms with E-state index in [4.69, 9.17) is 0 Å². The summed E-state index contributed by atoms with van der Waals surface area (Å²) < 4.78 is 0. The molecule has 1 unspecified atom stereocenters. The SMILES string of the molecule is O=C1CCNC2CCNN12. The summed E-state index contributed by atoms with van der Waals surface area (Å²) in [7, 11) is 0. The van der Waals surface area contributed by atoms with E-state index in [1.165, 1.54) is 0 Å². The topological polar surface area (TPSA) is 44.4 Å². The standard InChI is InChI=1S/C6H11N3O/c10-6-2-3-7-5-1-4-8-9(5)6/h5,7-8H,1-4H2. The van der Waals surface area contributed by atoms with Crippen LogP contribution in [0.4, 0.5) is 0 Å². The van der Waals surface area contributed by atoms with Gasteiger partial charge in [0, 0.05) is 19.5 Å². The van der Waals surface area contributed by atoms with Crippen molar-refractivity contribution in [2.45, 2.75) is 19.0 Å². The Bertz CT molecular complexity index is 159. The number of fused-ring (bicyclic) bond motifs is 1. The van der Waals surface area contributed by atoms with Gasteiger partial charge in [0.2, 0.25) is 5.91 Å². The molecule has 56 valence electrons. The van der Waals surface area contributed by atoms with Crippen LogP contribution in [0, 0.1) is 0 Å². The zero-order valence-corrected chi connectivity index (χ0v) is 5.76. The molecule has 10 heavy (non-hydrogen) atoms. The predicted octanol–water partition coefficient (Wildman–Crippen LogP) is -0.957. The third-order valence-electron chi connectivity index (χ3n) is 2.00. The van der Waals surface area contributed by atoms with Gasteiger partial charge in [0.25, 0.3) is 0 Å². The van der Waals surface area contributed by atoms with Crippen molar-refractivity contribution in [1.29, 1.82) is 0 Å². The van der Waals surface area contributed by atoms with Crippen molar-refractivity contribution in [3.63, 3.8) is 0 Å². The van der Waals surface area contributed by atoms with Crippen LogP contribution in [0.1, 0.15) is 12.8 Å². The normalized spacial score (nSPS) is 32.6. The van der Waals surface area contributed by atoms with E-state index in [-0.39, 0.29) is 12.1 Å². The molecule has 4 heteroatoms. The van der Waals surface area contributed by atoms with Crippen LogP contribution in [0.3, 0.4) is 0 Å². The second-order valence-corrected chi connectivity index (χ2v) is 2.68. The summed E-state index contributed by atoms with van der Waals surface area (Å²) in [6.07, 6.45) is 1.93. The van der Waals surface area contributed by atoms with E-state index < -0.39 is 0 Å². The lowest BCUT2D eigenvalue weighted by Gasteiger charge is -2.29. The Morgan fingerprint density at radius 1 is 1.50 bits per heavy atom. The first-order valence-electron chi connectivity index (χ1n) is 3.67. The number of carbonyl (C=O) groups excluding carboxylic acids is 1. The molecule has 4 nitrogen and oxygen atoms in total. The second-order valence-electron chi connectivity index (χ2n) is 2.68. The second kappa shape index (κ2) is 2.21. The molecule has 1 amide bonds. The Kier molecular flexibility index (Phi) is 1.35. The molecule has 2 heterocycles. The maximum Gasteiger partial charge on any atom is 0.239 e. The monoisotopic (exact) mass is 141 g/mol. The lowest BCUT2D eigenvalue weighted by atomic mass is 10.2. The lowest BCUT2D eigenvalue weighted by molar-refractivity contribution is -0.138. The van der Waals surface area contributed by atoms with E-state index in [0.717, 1.165) is 19.5 Å². The van der Waals surface area contributed by atoms with Crippen molar-refractivity contribution >= 4 is 5.91 Å². The number of hydrazine groups is 1. The van der Waals surface area contributed by atoms with Crippen molar-refractivity contribution in [3.05, 3.63) is 0 Å². The highest BCUT2D eigenvalue weighted by atomic mass is 16.2. The minimum atomic E-state index is 0.223. The van der Waals surface area contributed by atoms with Gasteiger partial charge < -0.3 is 0 Å². The van der Waals surface area contributed by atoms with Crippen molar-refractivity contribution in [1.82, 2.24) is 15.8 Å². The number of hydrogen-bond acceptors (Lipinski definition) is 3. The van der Waals surface area contributed by atoms with E-state index in [9.17, 15) is 4.79 Å². The highest BCUT2D eigenvalue weighted by Crippen LogP contribution is 2.10. The van der Waals surface area contributed by atoms with Gasteiger partial charge in [-0.25, -0.2) is 5.43 Å². The fourth-order valence-corrected chi connectivity index (χ4v) is 1.48. The average molecular weight is 141 g/mol. The molecule has 2 rings (SSSR count). The predicted molar refractivity (Wildman–Crippen MR) is 35.9 cm³/mol. The summed E-state index contributed by atoms with van der Waals surface area (Å²) in [5, 5.41) is 4.97. The van der Waals surface area contributed by atoms with Gasteiger partial charge in [0.15, 0.2) is 0 Å². The van der Waals surface area contributed by atoms with Gasteiger partial charge in [-0.3, -0.25) is 15.1 Å². The summed E-state index contributed by atoms with van der Waals surface area (Å²) in [4.78, 5) is 11.1. The van der Waals surface area contributed by atoms with Crippen LogP contribution < -0.4 is 10.7 Å². The maximum atomic E-state index is 11.1. The molecule has 0 aromatic carbocycles. The largest absolute Gasteiger partial charge is 0.296 e. The van der Waals surface area contributed by atoms with Crippen molar-refractivity contribution in [2.75, 3.05) is 13.1 Å².